The molecule has 0 aliphatic rings. The monoisotopic (exact) mass is 252 g/mol. The number of hydrogen-bond donors (Lipinski definition) is 3. The van der Waals surface area contributed by atoms with E-state index in [1.807, 2.05) is 19.9 Å². The average Bonchev–Trinajstić information content (AvgIpc) is 2.64. The highest BCUT2D eigenvalue weighted by Crippen LogP contribution is 2.35. The highest BCUT2D eigenvalue weighted by atomic mass is 32.1. The molecule has 92 valence electrons. The first kappa shape index (κ1) is 13.3. The molecule has 1 atom stereocenters. The topological polar surface area (TPSA) is 90.9 Å². The van der Waals surface area contributed by atoms with E-state index in [-0.39, 0.29) is 17.6 Å². The van der Waals surface area contributed by atoms with Crippen LogP contribution in [0.2, 0.25) is 0 Å². The first-order chi connectivity index (χ1) is 8.04. The second-order valence-corrected chi connectivity index (χ2v) is 4.71. The van der Waals surface area contributed by atoms with Gasteiger partial charge in [0, 0.05) is 13.1 Å². The van der Waals surface area contributed by atoms with E-state index < -0.39 is 0 Å². The Balaban J connectivity index is 3.20. The molecule has 5 nitrogen and oxygen atoms in total. The van der Waals surface area contributed by atoms with Gasteiger partial charge in [0.1, 0.15) is 15.9 Å². The van der Waals surface area contributed by atoms with E-state index >= 15 is 0 Å². The van der Waals surface area contributed by atoms with Crippen molar-refractivity contribution in [3.8, 4) is 6.07 Å². The average molecular weight is 252 g/mol. The fraction of sp³-hybridized carbons (Fsp3) is 0.455. The molecular formula is C11H16N4OS. The van der Waals surface area contributed by atoms with Crippen molar-refractivity contribution in [3.05, 3.63) is 10.4 Å². The van der Waals surface area contributed by atoms with E-state index in [2.05, 4.69) is 10.6 Å². The minimum atomic E-state index is -0.272. The molecule has 0 aromatic carbocycles. The number of nitrogens with zero attached hydrogens (tertiary/aromatic N) is 1. The molecular weight excluding hydrogens is 236 g/mol. The zero-order chi connectivity index (χ0) is 13.0. The minimum absolute atomic E-state index is 0.225. The zero-order valence-electron chi connectivity index (χ0n) is 10.1. The summed E-state index contributed by atoms with van der Waals surface area (Å²) in [6.07, 6.45) is 0.923. The van der Waals surface area contributed by atoms with Crippen LogP contribution in [0.5, 0.6) is 0 Å². The summed E-state index contributed by atoms with van der Waals surface area (Å²) in [4.78, 5) is 12.1. The van der Waals surface area contributed by atoms with Crippen LogP contribution in [0.4, 0.5) is 10.7 Å². The molecule has 0 saturated heterocycles. The van der Waals surface area contributed by atoms with Crippen LogP contribution in [0, 0.1) is 11.3 Å². The van der Waals surface area contributed by atoms with Gasteiger partial charge in [0.05, 0.1) is 11.3 Å². The second-order valence-electron chi connectivity index (χ2n) is 3.69. The molecule has 1 heterocycles. The summed E-state index contributed by atoms with van der Waals surface area (Å²) in [5.41, 5.74) is 6.42. The summed E-state index contributed by atoms with van der Waals surface area (Å²) in [6, 6.07) is 2.22. The lowest BCUT2D eigenvalue weighted by molar-refractivity contribution is 0.0965. The van der Waals surface area contributed by atoms with E-state index in [1.165, 1.54) is 11.3 Å². The predicted molar refractivity (Wildman–Crippen MR) is 70.2 cm³/mol. The van der Waals surface area contributed by atoms with Gasteiger partial charge in [-0.2, -0.15) is 5.26 Å². The molecule has 6 heteroatoms. The van der Waals surface area contributed by atoms with Crippen molar-refractivity contribution >= 4 is 27.9 Å². The Morgan fingerprint density at radius 1 is 1.65 bits per heavy atom. The van der Waals surface area contributed by atoms with Crippen LogP contribution in [-0.4, -0.2) is 19.0 Å². The number of rotatable bonds is 4. The molecule has 1 aromatic rings. The Bertz CT molecular complexity index is 461. The molecule has 0 radical (unpaired) electrons. The van der Waals surface area contributed by atoms with Gasteiger partial charge in [0.25, 0.3) is 5.91 Å². The highest BCUT2D eigenvalue weighted by Gasteiger charge is 2.21. The number of anilines is 2. The smallest absolute Gasteiger partial charge is 0.256 e. The van der Waals surface area contributed by atoms with E-state index in [0.29, 0.717) is 15.4 Å². The molecule has 1 aromatic heterocycles. The van der Waals surface area contributed by atoms with Crippen LogP contribution in [0.1, 0.15) is 35.5 Å². The Hall–Kier alpha value is -1.74. The van der Waals surface area contributed by atoms with Gasteiger partial charge >= 0.3 is 0 Å². The lowest BCUT2D eigenvalue weighted by Crippen LogP contribution is -2.21. The van der Waals surface area contributed by atoms with Gasteiger partial charge in [-0.25, -0.2) is 0 Å². The van der Waals surface area contributed by atoms with Crippen molar-refractivity contribution in [3.63, 3.8) is 0 Å². The number of nitrogens with two attached hydrogens (primary N) is 1. The largest absolute Gasteiger partial charge is 0.396 e. The Labute approximate surface area is 105 Å². The van der Waals surface area contributed by atoms with Crippen molar-refractivity contribution in [2.75, 3.05) is 18.1 Å². The lowest BCUT2D eigenvalue weighted by Gasteiger charge is -2.12. The Kier molecular flexibility index (Phi) is 4.35. The maximum absolute atomic E-state index is 11.7. The van der Waals surface area contributed by atoms with Crippen molar-refractivity contribution in [1.29, 1.82) is 5.26 Å². The molecule has 1 unspecified atom stereocenters. The fourth-order valence-corrected chi connectivity index (χ4v) is 2.33. The number of hydrogen-bond acceptors (Lipinski definition) is 5. The number of carbonyl (C=O) groups excluding carboxylic acids is 1. The predicted octanol–water partition coefficient (Wildman–Crippen LogP) is 1.77. The summed E-state index contributed by atoms with van der Waals surface area (Å²) >= 11 is 1.22. The van der Waals surface area contributed by atoms with Gasteiger partial charge in [0.15, 0.2) is 0 Å². The van der Waals surface area contributed by atoms with Crippen molar-refractivity contribution in [2.45, 2.75) is 26.3 Å². The standard InChI is InChI=1S/C11H16N4OS/c1-4-6(2)15-11-8(10(16)14-3)9(13)7(5-12)17-11/h6,15H,4,13H2,1-3H3,(H,14,16). The van der Waals surface area contributed by atoms with Crippen LogP contribution in [-0.2, 0) is 0 Å². The van der Waals surface area contributed by atoms with E-state index in [0.717, 1.165) is 6.42 Å². The third-order valence-electron chi connectivity index (χ3n) is 2.49. The van der Waals surface area contributed by atoms with Crippen LogP contribution in [0.25, 0.3) is 0 Å². The highest BCUT2D eigenvalue weighted by molar-refractivity contribution is 7.17. The molecule has 4 N–H and O–H groups in total. The van der Waals surface area contributed by atoms with Gasteiger partial charge in [-0.3, -0.25) is 4.79 Å². The number of amides is 1. The van der Waals surface area contributed by atoms with E-state index in [9.17, 15) is 4.79 Å². The summed E-state index contributed by atoms with van der Waals surface area (Å²) in [7, 11) is 1.54. The normalized spacial score (nSPS) is 11.6. The summed E-state index contributed by atoms with van der Waals surface area (Å²) in [5, 5.41) is 15.3. The minimum Gasteiger partial charge on any atom is -0.396 e. The van der Waals surface area contributed by atoms with Gasteiger partial charge < -0.3 is 16.4 Å². The van der Waals surface area contributed by atoms with Crippen LogP contribution < -0.4 is 16.4 Å². The molecule has 0 fully saturated rings. The van der Waals surface area contributed by atoms with E-state index in [4.69, 9.17) is 11.0 Å². The van der Waals surface area contributed by atoms with Gasteiger partial charge in [0.2, 0.25) is 0 Å². The lowest BCUT2D eigenvalue weighted by atomic mass is 10.2. The first-order valence-corrected chi connectivity index (χ1v) is 6.17. The van der Waals surface area contributed by atoms with Gasteiger partial charge in [-0.05, 0) is 13.3 Å². The number of nitriles is 1. The molecule has 0 aliphatic heterocycles. The fourth-order valence-electron chi connectivity index (χ4n) is 1.30. The van der Waals surface area contributed by atoms with Gasteiger partial charge in [-0.1, -0.05) is 6.92 Å². The molecule has 0 bridgehead atoms. The van der Waals surface area contributed by atoms with Crippen molar-refractivity contribution in [2.24, 2.45) is 0 Å². The van der Waals surface area contributed by atoms with E-state index in [1.54, 1.807) is 7.05 Å². The van der Waals surface area contributed by atoms with Crippen LogP contribution in [0.3, 0.4) is 0 Å². The van der Waals surface area contributed by atoms with Gasteiger partial charge in [-0.15, -0.1) is 11.3 Å². The number of carbonyl (C=O) groups is 1. The number of nitrogens with one attached hydrogen (secondary N) is 2. The SMILES string of the molecule is CCC(C)Nc1sc(C#N)c(N)c1C(=O)NC. The summed E-state index contributed by atoms with van der Waals surface area (Å²) < 4.78 is 0. The molecule has 1 amide bonds. The molecule has 0 spiro atoms. The molecule has 0 aliphatic carbocycles. The Morgan fingerprint density at radius 2 is 2.29 bits per heavy atom. The zero-order valence-corrected chi connectivity index (χ0v) is 10.9. The maximum Gasteiger partial charge on any atom is 0.256 e. The quantitative estimate of drug-likeness (QED) is 0.761. The first-order valence-electron chi connectivity index (χ1n) is 5.36. The maximum atomic E-state index is 11.7. The third kappa shape index (κ3) is 2.68. The number of thiophene rings is 1. The molecule has 17 heavy (non-hydrogen) atoms. The molecule has 0 saturated carbocycles. The number of nitrogen functional groups attached to an aromatic ring is 1. The second kappa shape index (κ2) is 5.55. The van der Waals surface area contributed by atoms with Crippen LogP contribution in [0.15, 0.2) is 0 Å². The third-order valence-corrected chi connectivity index (χ3v) is 3.53. The Morgan fingerprint density at radius 3 is 2.76 bits per heavy atom. The van der Waals surface area contributed by atoms with Crippen molar-refractivity contribution in [1.82, 2.24) is 5.32 Å². The van der Waals surface area contributed by atoms with Crippen molar-refractivity contribution < 1.29 is 4.79 Å². The summed E-state index contributed by atoms with van der Waals surface area (Å²) in [5.74, 6) is -0.272. The van der Waals surface area contributed by atoms with Crippen LogP contribution >= 0.6 is 11.3 Å². The summed E-state index contributed by atoms with van der Waals surface area (Å²) in [6.45, 7) is 4.05. The molecule has 1 rings (SSSR count).